The highest BCUT2D eigenvalue weighted by atomic mass is 19.1. The van der Waals surface area contributed by atoms with Gasteiger partial charge in [-0.3, -0.25) is 14.9 Å². The molecule has 0 unspecified atom stereocenters. The van der Waals surface area contributed by atoms with Crippen LogP contribution >= 0.6 is 0 Å². The molecule has 0 saturated carbocycles. The van der Waals surface area contributed by atoms with Crippen molar-refractivity contribution in [3.63, 3.8) is 0 Å². The van der Waals surface area contributed by atoms with E-state index in [0.29, 0.717) is 40.0 Å². The van der Waals surface area contributed by atoms with Gasteiger partial charge in [0.1, 0.15) is 17.2 Å². The summed E-state index contributed by atoms with van der Waals surface area (Å²) in [6.07, 6.45) is -1.26. The van der Waals surface area contributed by atoms with Gasteiger partial charge in [0, 0.05) is 35.8 Å². The molecule has 4 rings (SSSR count). The summed E-state index contributed by atoms with van der Waals surface area (Å²) in [5.74, 6) is -0.595. The van der Waals surface area contributed by atoms with E-state index in [0.717, 1.165) is 0 Å². The number of halogens is 1. The Bertz CT molecular complexity index is 1490. The van der Waals surface area contributed by atoms with Gasteiger partial charge in [-0.05, 0) is 71.6 Å². The van der Waals surface area contributed by atoms with Crippen LogP contribution in [0.15, 0.2) is 65.1 Å². The van der Waals surface area contributed by atoms with E-state index in [-0.39, 0.29) is 34.5 Å². The first kappa shape index (κ1) is 25.4. The van der Waals surface area contributed by atoms with E-state index >= 15 is 0 Å². The maximum absolute atomic E-state index is 13.5. The maximum Gasteiger partial charge on any atom is 0.409 e. The molecule has 0 aliphatic carbocycles. The fourth-order valence-corrected chi connectivity index (χ4v) is 3.95. The highest BCUT2D eigenvalue weighted by Crippen LogP contribution is 2.36. The summed E-state index contributed by atoms with van der Waals surface area (Å²) in [7, 11) is 1.50. The third kappa shape index (κ3) is 5.61. The molecule has 190 valence electrons. The number of carboxylic acid groups (broad SMARTS) is 1. The number of nitrogens with one attached hydrogen (secondary N) is 3. The first-order valence-corrected chi connectivity index (χ1v) is 11.6. The Morgan fingerprint density at radius 3 is 2.27 bits per heavy atom. The monoisotopic (exact) mass is 503 g/mol. The number of amides is 3. The van der Waals surface area contributed by atoms with E-state index in [4.69, 9.17) is 4.42 Å². The molecular weight excluding hydrogens is 477 g/mol. The minimum absolute atomic E-state index is 0.227. The first-order chi connectivity index (χ1) is 17.7. The molecule has 8 nitrogen and oxygen atoms in total. The molecule has 4 N–H and O–H groups in total. The first-order valence-electron chi connectivity index (χ1n) is 11.6. The molecular formula is C28H26FN3O5. The number of rotatable bonds is 7. The zero-order valence-electron chi connectivity index (χ0n) is 20.5. The quantitative estimate of drug-likeness (QED) is 0.256. The van der Waals surface area contributed by atoms with Crippen molar-refractivity contribution in [1.29, 1.82) is 0 Å². The maximum atomic E-state index is 13.5. The third-order valence-electron chi connectivity index (χ3n) is 5.70. The Labute approximate surface area is 212 Å². The smallest absolute Gasteiger partial charge is 0.409 e. The van der Waals surface area contributed by atoms with Gasteiger partial charge in [-0.2, -0.15) is 0 Å². The van der Waals surface area contributed by atoms with Crippen molar-refractivity contribution < 1.29 is 28.3 Å². The molecule has 1 aromatic heterocycles. The number of carbonyl (C=O) groups is 3. The molecule has 0 aliphatic heterocycles. The van der Waals surface area contributed by atoms with Crippen LogP contribution in [-0.2, 0) is 0 Å². The van der Waals surface area contributed by atoms with Crippen LogP contribution in [0.1, 0.15) is 34.6 Å². The largest absolute Gasteiger partial charge is 0.465 e. The molecule has 0 spiro atoms. The van der Waals surface area contributed by atoms with Gasteiger partial charge in [0.25, 0.3) is 11.8 Å². The summed E-state index contributed by atoms with van der Waals surface area (Å²) in [6, 6.07) is 15.6. The molecule has 0 fully saturated rings. The molecule has 4 aromatic rings. The molecule has 9 heteroatoms. The summed E-state index contributed by atoms with van der Waals surface area (Å²) < 4.78 is 19.5. The number of hydrogen-bond donors (Lipinski definition) is 4. The van der Waals surface area contributed by atoms with Crippen LogP contribution in [0.3, 0.4) is 0 Å². The molecule has 0 radical (unpaired) electrons. The topological polar surface area (TPSA) is 121 Å². The van der Waals surface area contributed by atoms with Crippen molar-refractivity contribution in [3.8, 4) is 22.5 Å². The van der Waals surface area contributed by atoms with Crippen molar-refractivity contribution in [2.45, 2.75) is 13.8 Å². The predicted octanol–water partition coefficient (Wildman–Crippen LogP) is 5.74. The van der Waals surface area contributed by atoms with Crippen molar-refractivity contribution in [1.82, 2.24) is 10.6 Å². The Hall–Kier alpha value is -4.66. The summed E-state index contributed by atoms with van der Waals surface area (Å²) in [5, 5.41) is 17.5. The SMILES string of the molecule is CNC(=O)c1c(-c2ccc(F)cc2)oc2ccc(-c3cc(NC(=O)O)cc(C(=O)NCC(C)C)c3)cc12. The van der Waals surface area contributed by atoms with Crippen LogP contribution in [0.4, 0.5) is 14.9 Å². The van der Waals surface area contributed by atoms with Gasteiger partial charge in [-0.25, -0.2) is 9.18 Å². The fourth-order valence-electron chi connectivity index (χ4n) is 3.95. The normalized spacial score (nSPS) is 10.9. The van der Waals surface area contributed by atoms with E-state index in [9.17, 15) is 23.9 Å². The predicted molar refractivity (Wildman–Crippen MR) is 139 cm³/mol. The molecule has 0 saturated heterocycles. The number of anilines is 1. The second-order valence-electron chi connectivity index (χ2n) is 8.94. The highest BCUT2D eigenvalue weighted by Gasteiger charge is 2.22. The van der Waals surface area contributed by atoms with Crippen LogP contribution in [0.2, 0.25) is 0 Å². The zero-order chi connectivity index (χ0) is 26.7. The van der Waals surface area contributed by atoms with Crippen molar-refractivity contribution in [2.24, 2.45) is 5.92 Å². The lowest BCUT2D eigenvalue weighted by atomic mass is 9.98. The molecule has 0 aliphatic rings. The summed E-state index contributed by atoms with van der Waals surface area (Å²) >= 11 is 0. The van der Waals surface area contributed by atoms with Crippen molar-refractivity contribution >= 4 is 34.6 Å². The van der Waals surface area contributed by atoms with E-state index in [1.807, 2.05) is 13.8 Å². The van der Waals surface area contributed by atoms with Gasteiger partial charge in [0.2, 0.25) is 0 Å². The minimum Gasteiger partial charge on any atom is -0.465 e. The van der Waals surface area contributed by atoms with E-state index < -0.39 is 11.9 Å². The molecule has 0 atom stereocenters. The number of furan rings is 1. The fraction of sp³-hybridized carbons (Fsp3) is 0.179. The Morgan fingerprint density at radius 2 is 1.62 bits per heavy atom. The van der Waals surface area contributed by atoms with E-state index in [2.05, 4.69) is 16.0 Å². The lowest BCUT2D eigenvalue weighted by Crippen LogP contribution is -2.27. The Morgan fingerprint density at radius 1 is 0.919 bits per heavy atom. The second-order valence-corrected chi connectivity index (χ2v) is 8.94. The number of fused-ring (bicyclic) bond motifs is 1. The number of hydrogen-bond acceptors (Lipinski definition) is 4. The average molecular weight is 504 g/mol. The van der Waals surface area contributed by atoms with E-state index in [1.165, 1.54) is 37.4 Å². The Balaban J connectivity index is 1.85. The number of benzene rings is 3. The highest BCUT2D eigenvalue weighted by molar-refractivity contribution is 6.12. The second kappa shape index (κ2) is 10.5. The van der Waals surface area contributed by atoms with Gasteiger partial charge in [-0.15, -0.1) is 0 Å². The number of carbonyl (C=O) groups excluding carboxylic acids is 2. The van der Waals surface area contributed by atoms with Crippen LogP contribution in [0.25, 0.3) is 33.4 Å². The van der Waals surface area contributed by atoms with Crippen molar-refractivity contribution in [3.05, 3.63) is 77.6 Å². The van der Waals surface area contributed by atoms with Crippen LogP contribution in [0.5, 0.6) is 0 Å². The lowest BCUT2D eigenvalue weighted by molar-refractivity contribution is 0.0945. The van der Waals surface area contributed by atoms with Gasteiger partial charge >= 0.3 is 6.09 Å². The summed E-state index contributed by atoms with van der Waals surface area (Å²) in [4.78, 5) is 36.9. The van der Waals surface area contributed by atoms with Crippen LogP contribution in [0, 0.1) is 11.7 Å². The molecule has 3 amide bonds. The lowest BCUT2D eigenvalue weighted by Gasteiger charge is -2.12. The average Bonchev–Trinajstić information content (AvgIpc) is 3.25. The molecule has 37 heavy (non-hydrogen) atoms. The zero-order valence-corrected chi connectivity index (χ0v) is 20.5. The van der Waals surface area contributed by atoms with E-state index in [1.54, 1.807) is 30.3 Å². The van der Waals surface area contributed by atoms with Crippen molar-refractivity contribution in [2.75, 3.05) is 18.9 Å². The molecule has 1 heterocycles. The van der Waals surface area contributed by atoms with Crippen LogP contribution < -0.4 is 16.0 Å². The summed E-state index contributed by atoms with van der Waals surface area (Å²) in [5.41, 5.74) is 2.97. The van der Waals surface area contributed by atoms with Gasteiger partial charge in [-0.1, -0.05) is 19.9 Å². The minimum atomic E-state index is -1.26. The summed E-state index contributed by atoms with van der Waals surface area (Å²) in [6.45, 7) is 4.41. The van der Waals surface area contributed by atoms with Gasteiger partial charge in [0.15, 0.2) is 0 Å². The van der Waals surface area contributed by atoms with Gasteiger partial charge < -0.3 is 20.2 Å². The molecule has 0 bridgehead atoms. The Kier molecular flexibility index (Phi) is 7.24. The molecule has 3 aromatic carbocycles. The van der Waals surface area contributed by atoms with Crippen LogP contribution in [-0.4, -0.2) is 36.6 Å². The standard InChI is InChI=1S/C28H26FN3O5/c1-15(2)14-31-26(33)19-10-18(11-21(12-19)32-28(35)36)17-6-9-23-22(13-17)24(27(34)30-3)25(37-23)16-4-7-20(29)8-5-16/h4-13,15,32H,14H2,1-3H3,(H,30,34)(H,31,33)(H,35,36). The van der Waals surface area contributed by atoms with Gasteiger partial charge in [0.05, 0.1) is 5.56 Å². The third-order valence-corrected chi connectivity index (χ3v) is 5.70.